The predicted molar refractivity (Wildman–Crippen MR) is 102 cm³/mol. The highest BCUT2D eigenvalue weighted by molar-refractivity contribution is 7.14. The van der Waals surface area contributed by atoms with Crippen LogP contribution in [0, 0.1) is 5.82 Å². The highest BCUT2D eigenvalue weighted by Crippen LogP contribution is 2.28. The number of fused-ring (bicyclic) bond motifs is 1. The van der Waals surface area contributed by atoms with Gasteiger partial charge in [-0.25, -0.2) is 14.4 Å². The predicted octanol–water partition coefficient (Wildman–Crippen LogP) is 3.86. The SMILES string of the molecule is O=C(Nc1nc(-c2ccc(F)c(Cl)c2)cs1)c1cnc2ccccn2c1=O. The van der Waals surface area contributed by atoms with Gasteiger partial charge < -0.3 is 0 Å². The van der Waals surface area contributed by atoms with Gasteiger partial charge in [-0.1, -0.05) is 17.7 Å². The summed E-state index contributed by atoms with van der Waals surface area (Å²) < 4.78 is 14.6. The molecule has 1 N–H and O–H groups in total. The van der Waals surface area contributed by atoms with Crippen molar-refractivity contribution >= 4 is 39.6 Å². The summed E-state index contributed by atoms with van der Waals surface area (Å²) in [4.78, 5) is 33.3. The minimum atomic E-state index is -0.608. The van der Waals surface area contributed by atoms with Gasteiger partial charge in [-0.05, 0) is 30.3 Å². The molecular weight excluding hydrogens is 391 g/mol. The normalized spacial score (nSPS) is 10.9. The molecule has 0 fully saturated rings. The second-order valence-corrected chi connectivity index (χ2v) is 6.79. The number of thiazole rings is 1. The Morgan fingerprint density at radius 3 is 2.93 bits per heavy atom. The lowest BCUT2D eigenvalue weighted by molar-refractivity contribution is 0.102. The van der Waals surface area contributed by atoms with Crippen molar-refractivity contribution in [3.63, 3.8) is 0 Å². The fourth-order valence-corrected chi connectivity index (χ4v) is 3.36. The average molecular weight is 401 g/mol. The van der Waals surface area contributed by atoms with Crippen LogP contribution in [0.3, 0.4) is 0 Å². The molecule has 9 heteroatoms. The van der Waals surface area contributed by atoms with Gasteiger partial charge in [0.05, 0.1) is 10.7 Å². The number of anilines is 1. The number of amides is 1. The molecule has 4 rings (SSSR count). The van der Waals surface area contributed by atoms with E-state index in [1.807, 2.05) is 0 Å². The van der Waals surface area contributed by atoms with Crippen LogP contribution in [-0.4, -0.2) is 20.3 Å². The van der Waals surface area contributed by atoms with E-state index in [2.05, 4.69) is 15.3 Å². The van der Waals surface area contributed by atoms with Crippen molar-refractivity contribution in [1.29, 1.82) is 0 Å². The van der Waals surface area contributed by atoms with Gasteiger partial charge in [0.15, 0.2) is 5.13 Å². The van der Waals surface area contributed by atoms with Crippen LogP contribution in [-0.2, 0) is 0 Å². The summed E-state index contributed by atoms with van der Waals surface area (Å²) >= 11 is 6.96. The van der Waals surface area contributed by atoms with E-state index >= 15 is 0 Å². The second kappa shape index (κ2) is 6.90. The first kappa shape index (κ1) is 17.3. The van der Waals surface area contributed by atoms with E-state index in [4.69, 9.17) is 11.6 Å². The van der Waals surface area contributed by atoms with Crippen LogP contribution in [0.1, 0.15) is 10.4 Å². The minimum absolute atomic E-state index is 0.0126. The van der Waals surface area contributed by atoms with E-state index in [1.165, 1.54) is 34.1 Å². The Labute approximate surface area is 160 Å². The quantitative estimate of drug-likeness (QED) is 0.566. The first-order valence-corrected chi connectivity index (χ1v) is 8.97. The lowest BCUT2D eigenvalue weighted by Gasteiger charge is -2.03. The zero-order chi connectivity index (χ0) is 19.0. The van der Waals surface area contributed by atoms with Crippen molar-refractivity contribution in [3.8, 4) is 11.3 Å². The van der Waals surface area contributed by atoms with E-state index < -0.39 is 17.3 Å². The molecule has 0 radical (unpaired) electrons. The Morgan fingerprint density at radius 1 is 1.26 bits per heavy atom. The van der Waals surface area contributed by atoms with E-state index in [9.17, 15) is 14.0 Å². The summed E-state index contributed by atoms with van der Waals surface area (Å²) in [6, 6.07) is 9.35. The number of pyridine rings is 1. The molecule has 3 aromatic heterocycles. The number of rotatable bonds is 3. The number of nitrogens with one attached hydrogen (secondary N) is 1. The molecule has 0 aliphatic carbocycles. The highest BCUT2D eigenvalue weighted by atomic mass is 35.5. The number of benzene rings is 1. The smallest absolute Gasteiger partial charge is 0.270 e. The molecule has 0 spiro atoms. The maximum Gasteiger partial charge on any atom is 0.270 e. The fourth-order valence-electron chi connectivity index (χ4n) is 2.47. The molecule has 0 unspecified atom stereocenters. The van der Waals surface area contributed by atoms with Crippen molar-refractivity contribution in [2.24, 2.45) is 0 Å². The molecule has 0 bridgehead atoms. The molecule has 3 heterocycles. The third kappa shape index (κ3) is 3.32. The molecule has 0 aliphatic rings. The van der Waals surface area contributed by atoms with E-state index in [0.29, 0.717) is 22.0 Å². The van der Waals surface area contributed by atoms with Gasteiger partial charge in [-0.15, -0.1) is 11.3 Å². The van der Waals surface area contributed by atoms with Crippen molar-refractivity contribution in [1.82, 2.24) is 14.4 Å². The van der Waals surface area contributed by atoms with E-state index in [0.717, 1.165) is 0 Å². The van der Waals surface area contributed by atoms with E-state index in [1.54, 1.807) is 35.8 Å². The zero-order valence-electron chi connectivity index (χ0n) is 13.5. The molecule has 27 heavy (non-hydrogen) atoms. The number of aromatic nitrogens is 3. The van der Waals surface area contributed by atoms with Gasteiger partial charge in [0.25, 0.3) is 11.5 Å². The van der Waals surface area contributed by atoms with Crippen LogP contribution in [0.5, 0.6) is 0 Å². The van der Waals surface area contributed by atoms with Gasteiger partial charge >= 0.3 is 0 Å². The van der Waals surface area contributed by atoms with Crippen LogP contribution in [0.4, 0.5) is 9.52 Å². The summed E-state index contributed by atoms with van der Waals surface area (Å²) in [5.74, 6) is -1.13. The Kier molecular flexibility index (Phi) is 4.43. The third-order valence-corrected chi connectivity index (χ3v) is 4.85. The van der Waals surface area contributed by atoms with Crippen LogP contribution in [0.15, 0.2) is 59.0 Å². The van der Waals surface area contributed by atoms with Crippen molar-refractivity contribution in [3.05, 3.63) is 80.9 Å². The molecule has 0 atom stereocenters. The summed E-state index contributed by atoms with van der Waals surface area (Å²) in [6.07, 6.45) is 2.78. The molecule has 6 nitrogen and oxygen atoms in total. The Hall–Kier alpha value is -3.10. The van der Waals surface area contributed by atoms with E-state index in [-0.39, 0.29) is 10.6 Å². The monoisotopic (exact) mass is 400 g/mol. The fraction of sp³-hybridized carbons (Fsp3) is 0. The van der Waals surface area contributed by atoms with Gasteiger partial charge in [-0.3, -0.25) is 19.3 Å². The van der Waals surface area contributed by atoms with Crippen LogP contribution in [0.25, 0.3) is 16.9 Å². The Morgan fingerprint density at radius 2 is 2.11 bits per heavy atom. The number of carbonyl (C=O) groups excluding carboxylic acids is 1. The summed E-state index contributed by atoms with van der Waals surface area (Å²) in [5.41, 5.74) is 1.03. The minimum Gasteiger partial charge on any atom is -0.298 e. The first-order valence-electron chi connectivity index (χ1n) is 7.71. The van der Waals surface area contributed by atoms with Crippen molar-refractivity contribution in [2.75, 3.05) is 5.32 Å². The topological polar surface area (TPSA) is 76.4 Å². The highest BCUT2D eigenvalue weighted by Gasteiger charge is 2.15. The van der Waals surface area contributed by atoms with Crippen LogP contribution >= 0.6 is 22.9 Å². The second-order valence-electron chi connectivity index (χ2n) is 5.53. The number of carbonyl (C=O) groups is 1. The third-order valence-electron chi connectivity index (χ3n) is 3.80. The van der Waals surface area contributed by atoms with Gasteiger partial charge in [0, 0.05) is 23.3 Å². The summed E-state index contributed by atoms with van der Waals surface area (Å²) in [7, 11) is 0. The zero-order valence-corrected chi connectivity index (χ0v) is 15.1. The first-order chi connectivity index (χ1) is 13.0. The molecule has 0 aliphatic heterocycles. The molecule has 0 saturated heterocycles. The maximum atomic E-state index is 13.3. The summed E-state index contributed by atoms with van der Waals surface area (Å²) in [6.45, 7) is 0. The molecular formula is C18H10ClFN4O2S. The summed E-state index contributed by atoms with van der Waals surface area (Å²) in [5, 5.41) is 4.57. The van der Waals surface area contributed by atoms with Crippen LogP contribution < -0.4 is 10.9 Å². The lowest BCUT2D eigenvalue weighted by Crippen LogP contribution is -2.26. The number of nitrogens with zero attached hydrogens (tertiary/aromatic N) is 3. The van der Waals surface area contributed by atoms with Gasteiger partial charge in [-0.2, -0.15) is 0 Å². The number of hydrogen-bond donors (Lipinski definition) is 1. The van der Waals surface area contributed by atoms with Crippen molar-refractivity contribution in [2.45, 2.75) is 0 Å². The Bertz CT molecular complexity index is 1240. The standard InChI is InChI=1S/C18H10ClFN4O2S/c19-12-7-10(4-5-13(12)20)14-9-27-18(22-14)23-16(25)11-8-21-15-3-1-2-6-24(15)17(11)26/h1-9H,(H,22,23,25). The number of hydrogen-bond acceptors (Lipinski definition) is 5. The Balaban J connectivity index is 1.61. The molecule has 134 valence electrons. The molecule has 1 aromatic carbocycles. The molecule has 0 saturated carbocycles. The van der Waals surface area contributed by atoms with Gasteiger partial charge in [0.1, 0.15) is 17.0 Å². The lowest BCUT2D eigenvalue weighted by atomic mass is 10.2. The molecule has 4 aromatic rings. The van der Waals surface area contributed by atoms with Crippen LogP contribution in [0.2, 0.25) is 5.02 Å². The average Bonchev–Trinajstić information content (AvgIpc) is 3.13. The maximum absolute atomic E-state index is 13.3. The van der Waals surface area contributed by atoms with Gasteiger partial charge in [0.2, 0.25) is 0 Å². The molecule has 1 amide bonds. The van der Waals surface area contributed by atoms with Crippen molar-refractivity contribution < 1.29 is 9.18 Å². The largest absolute Gasteiger partial charge is 0.298 e. The number of halogens is 2.